The van der Waals surface area contributed by atoms with Gasteiger partial charge in [0.1, 0.15) is 0 Å². The topological polar surface area (TPSA) is 55.9 Å². The quantitative estimate of drug-likeness (QED) is 0.414. The van der Waals surface area contributed by atoms with Crippen molar-refractivity contribution in [2.75, 3.05) is 0 Å². The van der Waals surface area contributed by atoms with Crippen molar-refractivity contribution in [1.29, 1.82) is 0 Å². The Labute approximate surface area is 139 Å². The molecule has 0 bridgehead atoms. The highest BCUT2D eigenvalue weighted by molar-refractivity contribution is 14.1. The molecule has 0 radical (unpaired) electrons. The molecule has 4 nitrogen and oxygen atoms in total. The van der Waals surface area contributed by atoms with Crippen molar-refractivity contribution in [2.24, 2.45) is 12.9 Å². The number of rotatable bonds is 5. The molecule has 2 aromatic heterocycles. The minimum absolute atomic E-state index is 0.108. The summed E-state index contributed by atoms with van der Waals surface area (Å²) in [6.45, 7) is 2.11. The van der Waals surface area contributed by atoms with E-state index >= 15 is 0 Å². The van der Waals surface area contributed by atoms with Crippen molar-refractivity contribution in [1.82, 2.24) is 15.2 Å². The lowest BCUT2D eigenvalue weighted by Crippen LogP contribution is -2.29. The second-order valence-electron chi connectivity index (χ2n) is 4.29. The lowest BCUT2D eigenvalue weighted by atomic mass is 10.1. The van der Waals surface area contributed by atoms with E-state index in [1.54, 1.807) is 11.3 Å². The molecule has 104 valence electrons. The SMILES string of the molecule is CCc1nn(C)c(CC(NN)c2csc(I)c2)c1Br. The molecule has 2 heterocycles. The maximum Gasteiger partial charge on any atom is 0.0766 e. The van der Waals surface area contributed by atoms with Crippen LogP contribution in [0.3, 0.4) is 0 Å². The molecule has 0 aromatic carbocycles. The van der Waals surface area contributed by atoms with Gasteiger partial charge in [0.25, 0.3) is 0 Å². The minimum atomic E-state index is 0.108. The van der Waals surface area contributed by atoms with Crippen molar-refractivity contribution in [3.63, 3.8) is 0 Å². The van der Waals surface area contributed by atoms with Gasteiger partial charge in [0.15, 0.2) is 0 Å². The van der Waals surface area contributed by atoms with Crippen LogP contribution >= 0.6 is 49.9 Å². The van der Waals surface area contributed by atoms with E-state index < -0.39 is 0 Å². The zero-order valence-electron chi connectivity index (χ0n) is 10.8. The molecule has 0 aliphatic heterocycles. The standard InChI is InChI=1S/C12H16BrIN4S/c1-3-8-12(13)10(18(2)17-8)5-9(16-15)7-4-11(14)19-6-7/h4,6,9,16H,3,5,15H2,1-2H3. The molecule has 0 saturated heterocycles. The molecule has 3 N–H and O–H groups in total. The van der Waals surface area contributed by atoms with E-state index in [9.17, 15) is 0 Å². The van der Waals surface area contributed by atoms with Gasteiger partial charge >= 0.3 is 0 Å². The van der Waals surface area contributed by atoms with Gasteiger partial charge in [-0.25, -0.2) is 0 Å². The van der Waals surface area contributed by atoms with Gasteiger partial charge in [-0.2, -0.15) is 5.10 Å². The smallest absolute Gasteiger partial charge is 0.0766 e. The van der Waals surface area contributed by atoms with Crippen molar-refractivity contribution in [3.8, 4) is 0 Å². The number of thiophene rings is 1. The van der Waals surface area contributed by atoms with Crippen LogP contribution in [0.2, 0.25) is 0 Å². The third-order valence-electron chi connectivity index (χ3n) is 3.09. The summed E-state index contributed by atoms with van der Waals surface area (Å²) in [4.78, 5) is 0. The number of aryl methyl sites for hydroxylation is 2. The summed E-state index contributed by atoms with van der Waals surface area (Å²) in [5, 5.41) is 6.67. The number of nitrogens with two attached hydrogens (primary N) is 1. The Morgan fingerprint density at radius 3 is 2.84 bits per heavy atom. The third kappa shape index (κ3) is 3.38. The van der Waals surface area contributed by atoms with Gasteiger partial charge in [-0.05, 0) is 62.0 Å². The highest BCUT2D eigenvalue weighted by Gasteiger charge is 2.19. The Hall–Kier alpha value is 0.0400. The Kier molecular flexibility index (Phi) is 5.41. The molecule has 0 fully saturated rings. The van der Waals surface area contributed by atoms with Crippen LogP contribution in [-0.4, -0.2) is 9.78 Å². The first-order chi connectivity index (χ1) is 9.06. The van der Waals surface area contributed by atoms with E-state index in [-0.39, 0.29) is 6.04 Å². The van der Waals surface area contributed by atoms with Gasteiger partial charge < -0.3 is 0 Å². The molecule has 19 heavy (non-hydrogen) atoms. The molecule has 0 saturated carbocycles. The van der Waals surface area contributed by atoms with E-state index in [1.807, 2.05) is 11.7 Å². The number of nitrogens with one attached hydrogen (secondary N) is 1. The predicted octanol–water partition coefficient (Wildman–Crippen LogP) is 3.16. The first-order valence-corrected chi connectivity index (χ1v) is 8.72. The summed E-state index contributed by atoms with van der Waals surface area (Å²) >= 11 is 7.71. The van der Waals surface area contributed by atoms with E-state index in [4.69, 9.17) is 5.84 Å². The first kappa shape index (κ1) is 15.4. The second-order valence-corrected chi connectivity index (χ2v) is 7.89. The lowest BCUT2D eigenvalue weighted by Gasteiger charge is -2.15. The van der Waals surface area contributed by atoms with Crippen LogP contribution in [0.1, 0.15) is 29.9 Å². The van der Waals surface area contributed by atoms with Gasteiger partial charge in [0.2, 0.25) is 0 Å². The fourth-order valence-electron chi connectivity index (χ4n) is 2.01. The average molecular weight is 455 g/mol. The van der Waals surface area contributed by atoms with E-state index in [0.29, 0.717) is 0 Å². The van der Waals surface area contributed by atoms with E-state index in [1.165, 1.54) is 14.1 Å². The predicted molar refractivity (Wildman–Crippen MR) is 91.1 cm³/mol. The summed E-state index contributed by atoms with van der Waals surface area (Å²) in [5.74, 6) is 5.71. The largest absolute Gasteiger partial charge is 0.271 e. The molecule has 2 aromatic rings. The molecule has 0 spiro atoms. The van der Waals surface area contributed by atoms with Crippen LogP contribution in [0.4, 0.5) is 0 Å². The number of halogens is 2. The summed E-state index contributed by atoms with van der Waals surface area (Å²) in [6.07, 6.45) is 1.74. The highest BCUT2D eigenvalue weighted by atomic mass is 127. The molecule has 1 unspecified atom stereocenters. The first-order valence-electron chi connectivity index (χ1n) is 5.97. The van der Waals surface area contributed by atoms with Crippen LogP contribution in [0, 0.1) is 2.88 Å². The van der Waals surface area contributed by atoms with E-state index in [0.717, 1.165) is 23.0 Å². The summed E-state index contributed by atoms with van der Waals surface area (Å²) in [6, 6.07) is 2.27. The van der Waals surface area contributed by atoms with Crippen molar-refractivity contribution >= 4 is 49.9 Å². The zero-order chi connectivity index (χ0) is 14.0. The highest BCUT2D eigenvalue weighted by Crippen LogP contribution is 2.28. The number of hydrogen-bond donors (Lipinski definition) is 2. The Morgan fingerprint density at radius 2 is 2.37 bits per heavy atom. The minimum Gasteiger partial charge on any atom is -0.271 e. The van der Waals surface area contributed by atoms with Gasteiger partial charge in [-0.1, -0.05) is 6.92 Å². The summed E-state index contributed by atoms with van der Waals surface area (Å²) in [5.41, 5.74) is 6.39. The molecule has 0 amide bonds. The normalized spacial score (nSPS) is 12.9. The molecule has 2 rings (SSSR count). The summed E-state index contributed by atoms with van der Waals surface area (Å²) in [7, 11) is 1.98. The molecule has 7 heteroatoms. The van der Waals surface area contributed by atoms with Gasteiger partial charge in [-0.3, -0.25) is 16.0 Å². The number of nitrogens with zero attached hydrogens (tertiary/aromatic N) is 2. The molecular weight excluding hydrogens is 439 g/mol. The zero-order valence-corrected chi connectivity index (χ0v) is 15.3. The lowest BCUT2D eigenvalue weighted by molar-refractivity contribution is 0.530. The molecule has 1 atom stereocenters. The fourth-order valence-corrected chi connectivity index (χ4v) is 4.22. The second kappa shape index (κ2) is 6.66. The Morgan fingerprint density at radius 1 is 1.63 bits per heavy atom. The van der Waals surface area contributed by atoms with Gasteiger partial charge in [0.05, 0.1) is 24.8 Å². The fraction of sp³-hybridized carbons (Fsp3) is 0.417. The van der Waals surface area contributed by atoms with Crippen molar-refractivity contribution < 1.29 is 0 Å². The maximum absolute atomic E-state index is 5.71. The average Bonchev–Trinajstić information content (AvgIpc) is 2.92. The number of hydrogen-bond acceptors (Lipinski definition) is 4. The Balaban J connectivity index is 2.26. The van der Waals surface area contributed by atoms with Gasteiger partial charge in [0, 0.05) is 13.5 Å². The third-order valence-corrected chi connectivity index (χ3v) is 5.81. The maximum atomic E-state index is 5.71. The van der Waals surface area contributed by atoms with Crippen molar-refractivity contribution in [3.05, 3.63) is 35.8 Å². The Bertz CT molecular complexity index is 566. The molecular formula is C12H16BrIN4S. The van der Waals surface area contributed by atoms with Crippen LogP contribution in [0.15, 0.2) is 15.9 Å². The van der Waals surface area contributed by atoms with Crippen LogP contribution < -0.4 is 11.3 Å². The van der Waals surface area contributed by atoms with E-state index in [2.05, 4.69) is 67.4 Å². The van der Waals surface area contributed by atoms with Crippen LogP contribution in [0.25, 0.3) is 0 Å². The van der Waals surface area contributed by atoms with Crippen LogP contribution in [-0.2, 0) is 19.9 Å². The number of hydrazine groups is 1. The van der Waals surface area contributed by atoms with Gasteiger partial charge in [-0.15, -0.1) is 11.3 Å². The molecule has 0 aliphatic carbocycles. The molecule has 0 aliphatic rings. The van der Waals surface area contributed by atoms with Crippen LogP contribution in [0.5, 0.6) is 0 Å². The number of aromatic nitrogens is 2. The van der Waals surface area contributed by atoms with Crippen molar-refractivity contribution in [2.45, 2.75) is 25.8 Å². The summed E-state index contributed by atoms with van der Waals surface area (Å²) < 4.78 is 4.30. The monoisotopic (exact) mass is 454 g/mol.